The third kappa shape index (κ3) is 2.89. The van der Waals surface area contributed by atoms with Crippen molar-refractivity contribution in [1.82, 2.24) is 15.3 Å². The Hall–Kier alpha value is -2.48. The summed E-state index contributed by atoms with van der Waals surface area (Å²) in [6.45, 7) is 3.76. The van der Waals surface area contributed by atoms with Gasteiger partial charge in [-0.05, 0) is 31.2 Å². The minimum Gasteiger partial charge on any atom is -0.360 e. The van der Waals surface area contributed by atoms with Crippen molar-refractivity contribution in [2.45, 2.75) is 25.2 Å². The highest BCUT2D eigenvalue weighted by molar-refractivity contribution is 7.90. The molecule has 0 aliphatic heterocycles. The highest BCUT2D eigenvalue weighted by Gasteiger charge is 2.20. The van der Waals surface area contributed by atoms with Crippen LogP contribution in [0.3, 0.4) is 0 Å². The molecule has 0 fully saturated rings. The second-order valence-corrected chi connectivity index (χ2v) is 7.16. The fourth-order valence-electron chi connectivity index (χ4n) is 2.23. The van der Waals surface area contributed by atoms with E-state index in [1.165, 1.54) is 12.1 Å². The number of rotatable bonds is 4. The normalized spacial score (nSPS) is 11.8. The van der Waals surface area contributed by atoms with E-state index in [9.17, 15) is 8.42 Å². The first-order valence-electron chi connectivity index (χ1n) is 7.00. The van der Waals surface area contributed by atoms with Gasteiger partial charge in [0.25, 0.3) is 5.89 Å². The molecule has 1 aromatic carbocycles. The highest BCUT2D eigenvalue weighted by atomic mass is 32.2. The van der Waals surface area contributed by atoms with Crippen LogP contribution in [-0.4, -0.2) is 30.0 Å². The minimum absolute atomic E-state index is 0.244. The third-order valence-electron chi connectivity index (χ3n) is 3.44. The quantitative estimate of drug-likeness (QED) is 0.723. The Labute approximate surface area is 133 Å². The topological polar surface area (TPSA) is 99.1 Å². The largest absolute Gasteiger partial charge is 0.360 e. The van der Waals surface area contributed by atoms with E-state index in [1.807, 2.05) is 13.8 Å². The van der Waals surface area contributed by atoms with E-state index >= 15 is 0 Å². The van der Waals surface area contributed by atoms with Crippen molar-refractivity contribution in [3.8, 4) is 22.8 Å². The van der Waals surface area contributed by atoms with Crippen LogP contribution in [0.5, 0.6) is 0 Å². The molecule has 0 spiro atoms. The summed E-state index contributed by atoms with van der Waals surface area (Å²) >= 11 is 0. The molecule has 2 aromatic heterocycles. The number of hydrogen-bond acceptors (Lipinski definition) is 7. The van der Waals surface area contributed by atoms with Crippen LogP contribution in [0.4, 0.5) is 0 Å². The van der Waals surface area contributed by atoms with Crippen LogP contribution in [0.1, 0.15) is 18.4 Å². The molecule has 2 heterocycles. The molecule has 0 bridgehead atoms. The number of aryl methyl sites for hydroxylation is 2. The Morgan fingerprint density at radius 3 is 2.39 bits per heavy atom. The zero-order chi connectivity index (χ0) is 16.6. The summed E-state index contributed by atoms with van der Waals surface area (Å²) in [7, 11) is -3.23. The van der Waals surface area contributed by atoms with Crippen molar-refractivity contribution in [1.29, 1.82) is 0 Å². The van der Waals surface area contributed by atoms with Crippen molar-refractivity contribution < 1.29 is 17.5 Å². The van der Waals surface area contributed by atoms with Gasteiger partial charge in [-0.15, -0.1) is 0 Å². The van der Waals surface area contributed by atoms with E-state index in [1.54, 1.807) is 12.1 Å². The van der Waals surface area contributed by atoms with Crippen LogP contribution in [-0.2, 0) is 16.3 Å². The second-order valence-electron chi connectivity index (χ2n) is 5.14. The first-order chi connectivity index (χ1) is 10.9. The van der Waals surface area contributed by atoms with Gasteiger partial charge in [0.1, 0.15) is 11.3 Å². The van der Waals surface area contributed by atoms with Gasteiger partial charge in [0, 0.05) is 18.2 Å². The summed E-state index contributed by atoms with van der Waals surface area (Å²) in [5, 5.41) is 7.86. The molecule has 0 saturated heterocycles. The molecule has 8 heteroatoms. The van der Waals surface area contributed by atoms with Crippen LogP contribution < -0.4 is 0 Å². The molecule has 0 aliphatic carbocycles. The lowest BCUT2D eigenvalue weighted by atomic mass is 10.1. The standard InChI is InChI=1S/C15H15N3O4S/c1-4-12-13(9(2)17-21-12)15-16-14(18-22-15)10-5-7-11(8-6-10)23(3,19)20/h5-8H,4H2,1-3H3. The molecular weight excluding hydrogens is 318 g/mol. The van der Waals surface area contributed by atoms with Gasteiger partial charge in [-0.3, -0.25) is 0 Å². The van der Waals surface area contributed by atoms with Crippen molar-refractivity contribution in [2.75, 3.05) is 6.26 Å². The maximum atomic E-state index is 11.5. The molecule has 23 heavy (non-hydrogen) atoms. The van der Waals surface area contributed by atoms with E-state index in [-0.39, 0.29) is 4.90 Å². The van der Waals surface area contributed by atoms with Crippen molar-refractivity contribution in [3.05, 3.63) is 35.7 Å². The maximum Gasteiger partial charge on any atom is 0.263 e. The number of nitrogens with zero attached hydrogens (tertiary/aromatic N) is 3. The number of aromatic nitrogens is 3. The Kier molecular flexibility index (Phi) is 3.77. The second kappa shape index (κ2) is 5.62. The molecule has 3 rings (SSSR count). The smallest absolute Gasteiger partial charge is 0.263 e. The zero-order valence-electron chi connectivity index (χ0n) is 12.9. The fourth-order valence-corrected chi connectivity index (χ4v) is 2.86. The predicted molar refractivity (Wildman–Crippen MR) is 82.5 cm³/mol. The van der Waals surface area contributed by atoms with Gasteiger partial charge >= 0.3 is 0 Å². The average molecular weight is 333 g/mol. The molecule has 0 saturated carbocycles. The highest BCUT2D eigenvalue weighted by Crippen LogP contribution is 2.28. The molecule has 7 nitrogen and oxygen atoms in total. The van der Waals surface area contributed by atoms with Gasteiger partial charge in [-0.25, -0.2) is 8.42 Å². The molecule has 0 atom stereocenters. The molecule has 0 aliphatic rings. The van der Waals surface area contributed by atoms with Crippen molar-refractivity contribution in [3.63, 3.8) is 0 Å². The van der Waals surface area contributed by atoms with Gasteiger partial charge in [0.05, 0.1) is 10.6 Å². The van der Waals surface area contributed by atoms with Gasteiger partial charge in [-0.2, -0.15) is 4.98 Å². The van der Waals surface area contributed by atoms with Gasteiger partial charge in [0.2, 0.25) is 5.82 Å². The van der Waals surface area contributed by atoms with E-state index in [2.05, 4.69) is 15.3 Å². The lowest BCUT2D eigenvalue weighted by Gasteiger charge is -1.98. The average Bonchev–Trinajstić information content (AvgIpc) is 3.12. The Bertz CT molecular complexity index is 940. The first kappa shape index (κ1) is 15.4. The maximum absolute atomic E-state index is 11.5. The zero-order valence-corrected chi connectivity index (χ0v) is 13.7. The number of benzene rings is 1. The van der Waals surface area contributed by atoms with Gasteiger partial charge < -0.3 is 9.05 Å². The van der Waals surface area contributed by atoms with Crippen LogP contribution >= 0.6 is 0 Å². The van der Waals surface area contributed by atoms with E-state index < -0.39 is 9.84 Å². The molecule has 0 N–H and O–H groups in total. The summed E-state index contributed by atoms with van der Waals surface area (Å²) in [5.74, 6) is 1.40. The summed E-state index contributed by atoms with van der Waals surface area (Å²) in [6.07, 6.45) is 1.83. The minimum atomic E-state index is -3.23. The molecule has 120 valence electrons. The summed E-state index contributed by atoms with van der Waals surface area (Å²) in [4.78, 5) is 4.60. The SMILES string of the molecule is CCc1onc(C)c1-c1nc(-c2ccc(S(C)(=O)=O)cc2)no1. The first-order valence-corrected chi connectivity index (χ1v) is 8.89. The van der Waals surface area contributed by atoms with Crippen LogP contribution in [0.2, 0.25) is 0 Å². The van der Waals surface area contributed by atoms with Gasteiger partial charge in [0.15, 0.2) is 9.84 Å². The van der Waals surface area contributed by atoms with Gasteiger partial charge in [-0.1, -0.05) is 17.2 Å². The van der Waals surface area contributed by atoms with E-state index in [0.717, 1.165) is 6.26 Å². The Morgan fingerprint density at radius 1 is 1.09 bits per heavy atom. The molecular formula is C15H15N3O4S. The lowest BCUT2D eigenvalue weighted by Crippen LogP contribution is -1.96. The van der Waals surface area contributed by atoms with Crippen LogP contribution in [0.25, 0.3) is 22.8 Å². The fraction of sp³-hybridized carbons (Fsp3) is 0.267. The van der Waals surface area contributed by atoms with Crippen LogP contribution in [0.15, 0.2) is 38.2 Å². The summed E-state index contributed by atoms with van der Waals surface area (Å²) < 4.78 is 33.5. The Balaban J connectivity index is 1.98. The van der Waals surface area contributed by atoms with E-state index in [4.69, 9.17) is 9.05 Å². The number of hydrogen-bond donors (Lipinski definition) is 0. The summed E-state index contributed by atoms with van der Waals surface area (Å²) in [6, 6.07) is 6.32. The monoisotopic (exact) mass is 333 g/mol. The van der Waals surface area contributed by atoms with E-state index in [0.29, 0.717) is 40.7 Å². The predicted octanol–water partition coefficient (Wildman–Crippen LogP) is 2.67. The molecule has 0 radical (unpaired) electrons. The number of sulfone groups is 1. The Morgan fingerprint density at radius 2 is 1.78 bits per heavy atom. The lowest BCUT2D eigenvalue weighted by molar-refractivity contribution is 0.382. The molecule has 3 aromatic rings. The summed E-state index contributed by atoms with van der Waals surface area (Å²) in [5.41, 5.74) is 2.06. The third-order valence-corrected chi connectivity index (χ3v) is 4.56. The van der Waals surface area contributed by atoms with Crippen molar-refractivity contribution in [2.24, 2.45) is 0 Å². The molecule has 0 unspecified atom stereocenters. The molecule has 0 amide bonds. The van der Waals surface area contributed by atoms with Crippen molar-refractivity contribution >= 4 is 9.84 Å². The van der Waals surface area contributed by atoms with Crippen LogP contribution in [0, 0.1) is 6.92 Å².